The van der Waals surface area contributed by atoms with Gasteiger partial charge in [0.25, 0.3) is 0 Å². The lowest BCUT2D eigenvalue weighted by atomic mass is 9.63. The molecule has 20 heavy (non-hydrogen) atoms. The summed E-state index contributed by atoms with van der Waals surface area (Å²) in [6.45, 7) is 7.10. The van der Waals surface area contributed by atoms with Crippen molar-refractivity contribution in [2.75, 3.05) is 0 Å². The molecule has 0 aliphatic heterocycles. The molecular formula is C18H25NS. The number of rotatable bonds is 2. The highest BCUT2D eigenvalue weighted by molar-refractivity contribution is 7.17. The molecule has 1 aliphatic rings. The van der Waals surface area contributed by atoms with E-state index >= 15 is 0 Å². The van der Waals surface area contributed by atoms with Crippen molar-refractivity contribution in [2.24, 2.45) is 17.1 Å². The molecule has 1 fully saturated rings. The molecule has 3 rings (SSSR count). The first-order valence-electron chi connectivity index (χ1n) is 7.61. The third-order valence-corrected chi connectivity index (χ3v) is 5.60. The van der Waals surface area contributed by atoms with Crippen molar-refractivity contribution in [3.63, 3.8) is 0 Å². The van der Waals surface area contributed by atoms with Crippen LogP contribution in [0.4, 0.5) is 0 Å². The molecule has 2 atom stereocenters. The molecular weight excluding hydrogens is 262 g/mol. The summed E-state index contributed by atoms with van der Waals surface area (Å²) in [6, 6.07) is 8.70. The van der Waals surface area contributed by atoms with Crippen LogP contribution in [0.1, 0.15) is 45.6 Å². The maximum absolute atomic E-state index is 6.81. The molecule has 1 heterocycles. The molecule has 1 aromatic carbocycles. The lowest BCUT2D eigenvalue weighted by Crippen LogP contribution is -2.50. The molecule has 2 heteroatoms. The van der Waals surface area contributed by atoms with Crippen LogP contribution in [-0.4, -0.2) is 5.54 Å². The van der Waals surface area contributed by atoms with E-state index in [-0.39, 0.29) is 5.54 Å². The largest absolute Gasteiger partial charge is 0.325 e. The van der Waals surface area contributed by atoms with Gasteiger partial charge in [0.05, 0.1) is 0 Å². The Bertz CT molecular complexity index is 613. The number of nitrogens with two attached hydrogens (primary N) is 1. The first kappa shape index (κ1) is 14.1. The van der Waals surface area contributed by atoms with Crippen LogP contribution >= 0.6 is 11.3 Å². The van der Waals surface area contributed by atoms with Gasteiger partial charge in [0.1, 0.15) is 0 Å². The van der Waals surface area contributed by atoms with Gasteiger partial charge in [0, 0.05) is 10.2 Å². The van der Waals surface area contributed by atoms with Gasteiger partial charge in [-0.05, 0) is 59.4 Å². The number of benzene rings is 1. The lowest BCUT2D eigenvalue weighted by Gasteiger charge is -2.45. The topological polar surface area (TPSA) is 26.0 Å². The fourth-order valence-corrected chi connectivity index (χ4v) is 5.45. The molecule has 0 amide bonds. The van der Waals surface area contributed by atoms with Crippen molar-refractivity contribution in [3.05, 3.63) is 35.2 Å². The SMILES string of the molecule is CC1CC(C)(C)CC(N)(Cc2csc3ccccc23)C1. The van der Waals surface area contributed by atoms with Gasteiger partial charge in [0.15, 0.2) is 0 Å². The maximum Gasteiger partial charge on any atom is 0.0345 e. The minimum absolute atomic E-state index is 0.0367. The molecule has 1 nitrogen and oxygen atoms in total. The summed E-state index contributed by atoms with van der Waals surface area (Å²) in [4.78, 5) is 0. The summed E-state index contributed by atoms with van der Waals surface area (Å²) in [7, 11) is 0. The zero-order chi connectivity index (χ0) is 14.4. The van der Waals surface area contributed by atoms with Crippen LogP contribution < -0.4 is 5.73 Å². The Labute approximate surface area is 126 Å². The van der Waals surface area contributed by atoms with Crippen LogP contribution in [-0.2, 0) is 6.42 Å². The average Bonchev–Trinajstić information content (AvgIpc) is 2.69. The van der Waals surface area contributed by atoms with Gasteiger partial charge in [-0.15, -0.1) is 11.3 Å². The molecule has 1 aromatic heterocycles. The number of fused-ring (bicyclic) bond motifs is 1. The number of hydrogen-bond acceptors (Lipinski definition) is 2. The number of thiophene rings is 1. The van der Waals surface area contributed by atoms with Crippen LogP contribution in [0.2, 0.25) is 0 Å². The first-order chi connectivity index (χ1) is 9.37. The predicted octanol–water partition coefficient (Wildman–Crippen LogP) is 4.99. The van der Waals surface area contributed by atoms with Gasteiger partial charge >= 0.3 is 0 Å². The van der Waals surface area contributed by atoms with E-state index in [0.717, 1.165) is 25.2 Å². The third-order valence-electron chi connectivity index (χ3n) is 4.59. The molecule has 1 aliphatic carbocycles. The Kier molecular flexibility index (Phi) is 3.42. The van der Waals surface area contributed by atoms with Gasteiger partial charge in [-0.3, -0.25) is 0 Å². The fourth-order valence-electron chi connectivity index (χ4n) is 4.49. The molecule has 0 bridgehead atoms. The van der Waals surface area contributed by atoms with E-state index in [1.54, 1.807) is 0 Å². The Morgan fingerprint density at radius 1 is 1.25 bits per heavy atom. The zero-order valence-corrected chi connectivity index (χ0v) is 13.6. The van der Waals surface area contributed by atoms with Gasteiger partial charge in [-0.1, -0.05) is 39.0 Å². The molecule has 0 saturated heterocycles. The molecule has 0 radical (unpaired) electrons. The Balaban J connectivity index is 1.89. The van der Waals surface area contributed by atoms with Crippen LogP contribution in [0, 0.1) is 11.3 Å². The van der Waals surface area contributed by atoms with Crippen molar-refractivity contribution in [1.82, 2.24) is 0 Å². The minimum Gasteiger partial charge on any atom is -0.325 e. The molecule has 0 spiro atoms. The summed E-state index contributed by atoms with van der Waals surface area (Å²) < 4.78 is 1.38. The second-order valence-corrected chi connectivity index (χ2v) is 8.56. The van der Waals surface area contributed by atoms with Crippen LogP contribution in [0.5, 0.6) is 0 Å². The minimum atomic E-state index is -0.0367. The molecule has 2 N–H and O–H groups in total. The van der Waals surface area contributed by atoms with Crippen molar-refractivity contribution in [1.29, 1.82) is 0 Å². The zero-order valence-electron chi connectivity index (χ0n) is 12.8. The highest BCUT2D eigenvalue weighted by Gasteiger charge is 2.40. The first-order valence-corrected chi connectivity index (χ1v) is 8.49. The van der Waals surface area contributed by atoms with Crippen LogP contribution in [0.25, 0.3) is 10.1 Å². The summed E-state index contributed by atoms with van der Waals surface area (Å²) >= 11 is 1.85. The number of hydrogen-bond donors (Lipinski definition) is 1. The van der Waals surface area contributed by atoms with Crippen molar-refractivity contribution in [2.45, 2.75) is 52.0 Å². The quantitative estimate of drug-likeness (QED) is 0.827. The van der Waals surface area contributed by atoms with Crippen molar-refractivity contribution in [3.8, 4) is 0 Å². The highest BCUT2D eigenvalue weighted by Crippen LogP contribution is 2.44. The Morgan fingerprint density at radius 3 is 2.75 bits per heavy atom. The second-order valence-electron chi connectivity index (χ2n) is 7.65. The second kappa shape index (κ2) is 4.85. The summed E-state index contributed by atoms with van der Waals surface area (Å²) in [5.41, 5.74) is 8.59. The summed E-state index contributed by atoms with van der Waals surface area (Å²) in [6.07, 6.45) is 4.61. The monoisotopic (exact) mass is 287 g/mol. The third kappa shape index (κ3) is 2.77. The normalized spacial score (nSPS) is 29.7. The van der Waals surface area contributed by atoms with E-state index in [0.29, 0.717) is 5.41 Å². The van der Waals surface area contributed by atoms with E-state index < -0.39 is 0 Å². The molecule has 2 unspecified atom stereocenters. The van der Waals surface area contributed by atoms with E-state index in [4.69, 9.17) is 5.73 Å². The highest BCUT2D eigenvalue weighted by atomic mass is 32.1. The van der Waals surface area contributed by atoms with Gasteiger partial charge in [-0.2, -0.15) is 0 Å². The van der Waals surface area contributed by atoms with Crippen molar-refractivity contribution < 1.29 is 0 Å². The predicted molar refractivity (Wildman–Crippen MR) is 89.2 cm³/mol. The average molecular weight is 287 g/mol. The molecule has 1 saturated carbocycles. The Morgan fingerprint density at radius 2 is 2.00 bits per heavy atom. The maximum atomic E-state index is 6.81. The Hall–Kier alpha value is -0.860. The molecule has 108 valence electrons. The van der Waals surface area contributed by atoms with E-state index in [1.165, 1.54) is 22.1 Å². The van der Waals surface area contributed by atoms with Crippen LogP contribution in [0.3, 0.4) is 0 Å². The lowest BCUT2D eigenvalue weighted by molar-refractivity contribution is 0.108. The van der Waals surface area contributed by atoms with Crippen LogP contribution in [0.15, 0.2) is 29.6 Å². The van der Waals surface area contributed by atoms with E-state index in [9.17, 15) is 0 Å². The summed E-state index contributed by atoms with van der Waals surface area (Å²) in [5, 5.41) is 3.71. The fraction of sp³-hybridized carbons (Fsp3) is 0.556. The molecule has 2 aromatic rings. The van der Waals surface area contributed by atoms with Gasteiger partial charge in [0.2, 0.25) is 0 Å². The van der Waals surface area contributed by atoms with Crippen molar-refractivity contribution >= 4 is 21.4 Å². The van der Waals surface area contributed by atoms with E-state index in [2.05, 4.69) is 50.4 Å². The van der Waals surface area contributed by atoms with E-state index in [1.807, 2.05) is 11.3 Å². The standard InChI is InChI=1S/C18H25NS/c1-13-8-17(2,3)12-18(19,9-13)10-14-11-20-16-7-5-4-6-15(14)16/h4-7,11,13H,8-10,12,19H2,1-3H3. The van der Waals surface area contributed by atoms with Gasteiger partial charge in [-0.25, -0.2) is 0 Å². The smallest absolute Gasteiger partial charge is 0.0345 e. The van der Waals surface area contributed by atoms with Gasteiger partial charge < -0.3 is 5.73 Å². The summed E-state index contributed by atoms with van der Waals surface area (Å²) in [5.74, 6) is 0.730.